The summed E-state index contributed by atoms with van der Waals surface area (Å²) in [5.41, 5.74) is 1.77. The number of benzene rings is 2. The van der Waals surface area contributed by atoms with E-state index >= 15 is 0 Å². The van der Waals surface area contributed by atoms with Crippen LogP contribution in [0.15, 0.2) is 48.7 Å². The van der Waals surface area contributed by atoms with Crippen LogP contribution in [0.4, 0.5) is 0 Å². The first-order chi connectivity index (χ1) is 13.6. The molecular formula is C21H19NO6. The maximum absolute atomic E-state index is 12.9. The normalized spacial score (nSPS) is 13.4. The molecule has 7 heteroatoms. The van der Waals surface area contributed by atoms with E-state index in [-0.39, 0.29) is 13.4 Å². The number of hydrogen-bond acceptors (Lipinski definition) is 6. The molecule has 1 atom stereocenters. The molecule has 28 heavy (non-hydrogen) atoms. The molecule has 0 saturated carbocycles. The van der Waals surface area contributed by atoms with Gasteiger partial charge in [-0.3, -0.25) is 0 Å². The van der Waals surface area contributed by atoms with E-state index in [4.69, 9.17) is 18.9 Å². The summed E-state index contributed by atoms with van der Waals surface area (Å²) in [6.07, 6.45) is 1.63. The molecule has 1 aliphatic rings. The quantitative estimate of drug-likeness (QED) is 0.631. The van der Waals surface area contributed by atoms with Crippen molar-refractivity contribution in [2.75, 3.05) is 20.5 Å². The molecule has 0 spiro atoms. The fourth-order valence-electron chi connectivity index (χ4n) is 3.41. The van der Waals surface area contributed by atoms with Crippen LogP contribution in [0.25, 0.3) is 10.9 Å². The third kappa shape index (κ3) is 2.94. The molecule has 0 fully saturated rings. The molecule has 7 nitrogen and oxygen atoms in total. The number of nitrogens with zero attached hydrogens (tertiary/aromatic N) is 1. The number of rotatable bonds is 5. The number of aromatic nitrogens is 1. The van der Waals surface area contributed by atoms with E-state index in [1.54, 1.807) is 35.9 Å². The second kappa shape index (κ2) is 7.26. The zero-order valence-electron chi connectivity index (χ0n) is 15.5. The molecule has 0 amide bonds. The summed E-state index contributed by atoms with van der Waals surface area (Å²) in [6, 6.07) is 11.9. The van der Waals surface area contributed by atoms with Gasteiger partial charge in [-0.2, -0.15) is 0 Å². The molecule has 0 aliphatic carbocycles. The van der Waals surface area contributed by atoms with Crippen LogP contribution in [0.2, 0.25) is 0 Å². The molecule has 3 aromatic rings. The fourth-order valence-corrected chi connectivity index (χ4v) is 3.41. The number of hydrogen-bond donors (Lipinski definition) is 0. The van der Waals surface area contributed by atoms with Crippen LogP contribution in [0, 0.1) is 0 Å². The Morgan fingerprint density at radius 1 is 1.14 bits per heavy atom. The van der Waals surface area contributed by atoms with Gasteiger partial charge in [-0.25, -0.2) is 9.59 Å². The first-order valence-electron chi connectivity index (χ1n) is 8.88. The first kappa shape index (κ1) is 17.9. The molecule has 1 aromatic heterocycles. The summed E-state index contributed by atoms with van der Waals surface area (Å²) >= 11 is 0. The molecule has 0 radical (unpaired) electrons. The highest BCUT2D eigenvalue weighted by molar-refractivity contribution is 6.04. The van der Waals surface area contributed by atoms with Gasteiger partial charge < -0.3 is 23.5 Å². The minimum absolute atomic E-state index is 0.141. The second-order valence-corrected chi connectivity index (χ2v) is 6.23. The molecule has 0 N–H and O–H groups in total. The Bertz CT molecular complexity index is 1050. The first-order valence-corrected chi connectivity index (χ1v) is 8.88. The number of fused-ring (bicyclic) bond motifs is 2. The smallest absolute Gasteiger partial charge is 0.340 e. The molecule has 4 rings (SSSR count). The van der Waals surface area contributed by atoms with Crippen molar-refractivity contribution in [2.24, 2.45) is 0 Å². The molecule has 1 unspecified atom stereocenters. The van der Waals surface area contributed by atoms with E-state index in [0.29, 0.717) is 28.0 Å². The molecule has 0 bridgehead atoms. The second-order valence-electron chi connectivity index (χ2n) is 6.23. The summed E-state index contributed by atoms with van der Waals surface area (Å²) in [5, 5.41) is 0.699. The van der Waals surface area contributed by atoms with Gasteiger partial charge in [0.25, 0.3) is 0 Å². The van der Waals surface area contributed by atoms with Gasteiger partial charge in [0, 0.05) is 17.1 Å². The van der Waals surface area contributed by atoms with Crippen molar-refractivity contribution in [3.8, 4) is 11.5 Å². The minimum Gasteiger partial charge on any atom is -0.465 e. The van der Waals surface area contributed by atoms with Gasteiger partial charge in [0.2, 0.25) is 6.79 Å². The summed E-state index contributed by atoms with van der Waals surface area (Å²) in [4.78, 5) is 25.2. The number of ether oxygens (including phenoxy) is 4. The Balaban J connectivity index is 1.90. The average molecular weight is 381 g/mol. The van der Waals surface area contributed by atoms with E-state index in [9.17, 15) is 9.59 Å². The largest absolute Gasteiger partial charge is 0.465 e. The highest BCUT2D eigenvalue weighted by atomic mass is 16.7. The van der Waals surface area contributed by atoms with Crippen LogP contribution in [-0.4, -0.2) is 37.0 Å². The van der Waals surface area contributed by atoms with Crippen molar-refractivity contribution in [1.29, 1.82) is 0 Å². The number of esters is 2. The average Bonchev–Trinajstić information content (AvgIpc) is 3.33. The van der Waals surface area contributed by atoms with E-state index in [2.05, 4.69) is 0 Å². The Labute approximate surface area is 161 Å². The zero-order valence-corrected chi connectivity index (χ0v) is 15.5. The Morgan fingerprint density at radius 3 is 2.71 bits per heavy atom. The van der Waals surface area contributed by atoms with Crippen molar-refractivity contribution in [1.82, 2.24) is 4.57 Å². The van der Waals surface area contributed by atoms with Gasteiger partial charge in [-0.15, -0.1) is 0 Å². The van der Waals surface area contributed by atoms with E-state index in [1.807, 2.05) is 24.3 Å². The van der Waals surface area contributed by atoms with Gasteiger partial charge in [0.05, 0.1) is 19.3 Å². The number of para-hydroxylation sites is 1. The van der Waals surface area contributed by atoms with E-state index in [1.165, 1.54) is 7.11 Å². The van der Waals surface area contributed by atoms with Crippen molar-refractivity contribution in [3.63, 3.8) is 0 Å². The highest BCUT2D eigenvalue weighted by Gasteiger charge is 2.29. The standard InChI is InChI=1S/C21H19NO6/c1-3-26-21(24)19(13-8-9-17-18(10-13)28-12-27-17)22-11-15(20(23)25-2)14-6-4-5-7-16(14)22/h4-11,19H,3,12H2,1-2H3. The Hall–Kier alpha value is -3.48. The molecule has 2 aromatic carbocycles. The van der Waals surface area contributed by atoms with Crippen LogP contribution in [0.5, 0.6) is 11.5 Å². The lowest BCUT2D eigenvalue weighted by Gasteiger charge is -2.19. The summed E-state index contributed by atoms with van der Waals surface area (Å²) in [6.45, 7) is 2.13. The van der Waals surface area contributed by atoms with Crippen LogP contribution in [0.1, 0.15) is 28.9 Å². The highest BCUT2D eigenvalue weighted by Crippen LogP contribution is 2.37. The number of carbonyl (C=O) groups excluding carboxylic acids is 2. The fraction of sp³-hybridized carbons (Fsp3) is 0.238. The molecular weight excluding hydrogens is 362 g/mol. The van der Waals surface area contributed by atoms with E-state index < -0.39 is 18.0 Å². The maximum atomic E-state index is 12.9. The zero-order chi connectivity index (χ0) is 19.7. The maximum Gasteiger partial charge on any atom is 0.340 e. The van der Waals surface area contributed by atoms with Crippen molar-refractivity contribution >= 4 is 22.8 Å². The van der Waals surface area contributed by atoms with Crippen LogP contribution in [-0.2, 0) is 14.3 Å². The lowest BCUT2D eigenvalue weighted by Crippen LogP contribution is -2.22. The lowest BCUT2D eigenvalue weighted by atomic mass is 10.1. The van der Waals surface area contributed by atoms with Crippen LogP contribution in [0.3, 0.4) is 0 Å². The SMILES string of the molecule is CCOC(=O)C(c1ccc2c(c1)OCO2)n1cc(C(=O)OC)c2ccccc21. The lowest BCUT2D eigenvalue weighted by molar-refractivity contribution is -0.145. The van der Waals surface area contributed by atoms with Gasteiger partial charge in [0.15, 0.2) is 17.5 Å². The Morgan fingerprint density at radius 2 is 1.93 bits per heavy atom. The summed E-state index contributed by atoms with van der Waals surface area (Å²) in [7, 11) is 1.33. The topological polar surface area (TPSA) is 76.0 Å². The summed E-state index contributed by atoms with van der Waals surface area (Å²) in [5.74, 6) is 0.289. The number of methoxy groups -OCH3 is 1. The van der Waals surface area contributed by atoms with Crippen LogP contribution < -0.4 is 9.47 Å². The van der Waals surface area contributed by atoms with Crippen molar-refractivity contribution < 1.29 is 28.5 Å². The predicted octanol–water partition coefficient (Wildman–Crippen LogP) is 3.31. The summed E-state index contributed by atoms with van der Waals surface area (Å²) < 4.78 is 22.8. The van der Waals surface area contributed by atoms with Gasteiger partial charge in [0.1, 0.15) is 0 Å². The van der Waals surface area contributed by atoms with Gasteiger partial charge in [-0.1, -0.05) is 24.3 Å². The van der Waals surface area contributed by atoms with E-state index in [0.717, 1.165) is 5.52 Å². The van der Waals surface area contributed by atoms with Crippen molar-refractivity contribution in [3.05, 3.63) is 59.8 Å². The monoisotopic (exact) mass is 381 g/mol. The number of carbonyl (C=O) groups is 2. The molecule has 144 valence electrons. The molecule has 1 aliphatic heterocycles. The Kier molecular flexibility index (Phi) is 4.65. The predicted molar refractivity (Wildman–Crippen MR) is 101 cm³/mol. The minimum atomic E-state index is -0.794. The third-order valence-electron chi connectivity index (χ3n) is 4.65. The third-order valence-corrected chi connectivity index (χ3v) is 4.65. The van der Waals surface area contributed by atoms with Crippen LogP contribution >= 0.6 is 0 Å². The van der Waals surface area contributed by atoms with Gasteiger partial charge in [-0.05, 0) is 30.7 Å². The molecule has 0 saturated heterocycles. The molecule has 2 heterocycles. The van der Waals surface area contributed by atoms with Gasteiger partial charge >= 0.3 is 11.9 Å². The van der Waals surface area contributed by atoms with Crippen molar-refractivity contribution in [2.45, 2.75) is 13.0 Å².